The first-order chi connectivity index (χ1) is 12.3. The number of nitrogens with one attached hydrogen (secondary N) is 2. The largest absolute Gasteiger partial charge is 0.385 e. The van der Waals surface area contributed by atoms with Gasteiger partial charge in [0, 0.05) is 37.1 Å². The second-order valence-corrected chi connectivity index (χ2v) is 7.03. The number of rotatable bonds is 9. The zero-order chi connectivity index (χ0) is 17.5. The Balaban J connectivity index is 1.58. The number of nitrogens with zero attached hydrogens (tertiary/aromatic N) is 3. The maximum Gasteiger partial charge on any atom is 0.343 e. The van der Waals surface area contributed by atoms with Gasteiger partial charge in [-0.2, -0.15) is 0 Å². The molecule has 25 heavy (non-hydrogen) atoms. The molecule has 2 heterocycles. The molecule has 3 aromatic rings. The lowest BCUT2D eigenvalue weighted by Crippen LogP contribution is -2.18. The van der Waals surface area contributed by atoms with Crippen molar-refractivity contribution >= 4 is 33.9 Å². The Bertz CT molecular complexity index is 844. The number of ether oxygens (including phenoxy) is 1. The molecule has 0 amide bonds. The van der Waals surface area contributed by atoms with Crippen molar-refractivity contribution in [2.24, 2.45) is 0 Å². The summed E-state index contributed by atoms with van der Waals surface area (Å²) in [5, 5.41) is 13.4. The van der Waals surface area contributed by atoms with Gasteiger partial charge in [0.25, 0.3) is 0 Å². The molecule has 2 N–H and O–H groups in total. The highest BCUT2D eigenvalue weighted by molar-refractivity contribution is 7.98. The number of aromatic nitrogens is 4. The molecule has 3 rings (SSSR count). The predicted octanol–water partition coefficient (Wildman–Crippen LogP) is 3.10. The molecule has 0 bridgehead atoms. The fourth-order valence-electron chi connectivity index (χ4n) is 2.19. The van der Waals surface area contributed by atoms with Gasteiger partial charge in [0.2, 0.25) is 0 Å². The van der Waals surface area contributed by atoms with Crippen LogP contribution in [0.1, 0.15) is 12.1 Å². The summed E-state index contributed by atoms with van der Waals surface area (Å²) in [6.45, 7) is 1.20. The van der Waals surface area contributed by atoms with Gasteiger partial charge in [0.05, 0.1) is 5.69 Å². The van der Waals surface area contributed by atoms with E-state index < -0.39 is 0 Å². The number of H-pyrrole nitrogens is 1. The fraction of sp³-hybridized carbons (Fsp3) is 0.312. The van der Waals surface area contributed by atoms with Gasteiger partial charge in [-0.25, -0.2) is 14.9 Å². The lowest BCUT2D eigenvalue weighted by Gasteiger charge is -2.04. The van der Waals surface area contributed by atoms with Gasteiger partial charge in [-0.15, -0.1) is 16.4 Å². The molecule has 7 nitrogen and oxygen atoms in total. The third kappa shape index (κ3) is 4.94. The first-order valence-corrected chi connectivity index (χ1v) is 9.66. The van der Waals surface area contributed by atoms with Crippen molar-refractivity contribution in [1.82, 2.24) is 19.7 Å². The van der Waals surface area contributed by atoms with E-state index in [4.69, 9.17) is 4.74 Å². The number of methoxy groups -OCH3 is 1. The van der Waals surface area contributed by atoms with E-state index in [2.05, 4.69) is 20.5 Å². The van der Waals surface area contributed by atoms with Crippen LogP contribution in [0.25, 0.3) is 0 Å². The summed E-state index contributed by atoms with van der Waals surface area (Å²) in [7, 11) is 1.65. The molecule has 2 aromatic heterocycles. The van der Waals surface area contributed by atoms with Gasteiger partial charge in [-0.1, -0.05) is 30.0 Å². The van der Waals surface area contributed by atoms with Crippen molar-refractivity contribution in [3.8, 4) is 0 Å². The molecule has 1 aromatic carbocycles. The highest BCUT2D eigenvalue weighted by atomic mass is 32.2. The summed E-state index contributed by atoms with van der Waals surface area (Å²) < 4.78 is 6.67. The molecule has 0 unspecified atom stereocenters. The van der Waals surface area contributed by atoms with Crippen molar-refractivity contribution in [3.05, 3.63) is 51.9 Å². The number of para-hydroxylation sites is 1. The van der Waals surface area contributed by atoms with Crippen LogP contribution in [0.5, 0.6) is 0 Å². The molecular formula is C16H19N5O2S2. The number of anilines is 2. The zero-order valence-corrected chi connectivity index (χ0v) is 15.4. The van der Waals surface area contributed by atoms with Gasteiger partial charge in [-0.3, -0.25) is 4.57 Å². The molecule has 0 fully saturated rings. The van der Waals surface area contributed by atoms with E-state index in [1.807, 2.05) is 35.7 Å². The molecule has 132 valence electrons. The topological polar surface area (TPSA) is 84.8 Å². The second kappa shape index (κ2) is 8.84. The SMILES string of the molecule is COCCCn1c(SCc2csc(Nc3ccccc3)n2)n[nH]c1=O. The van der Waals surface area contributed by atoms with Crippen molar-refractivity contribution in [2.45, 2.75) is 23.9 Å². The van der Waals surface area contributed by atoms with Crippen LogP contribution in [0.15, 0.2) is 45.7 Å². The summed E-state index contributed by atoms with van der Waals surface area (Å²) in [6, 6.07) is 9.93. The lowest BCUT2D eigenvalue weighted by atomic mass is 10.3. The van der Waals surface area contributed by atoms with Crippen molar-refractivity contribution in [1.29, 1.82) is 0 Å². The van der Waals surface area contributed by atoms with E-state index in [0.29, 0.717) is 24.1 Å². The van der Waals surface area contributed by atoms with Crippen molar-refractivity contribution in [2.75, 3.05) is 19.0 Å². The van der Waals surface area contributed by atoms with E-state index in [1.165, 1.54) is 11.8 Å². The number of benzene rings is 1. The summed E-state index contributed by atoms with van der Waals surface area (Å²) in [5.41, 5.74) is 1.77. The van der Waals surface area contributed by atoms with Crippen LogP contribution in [0.3, 0.4) is 0 Å². The highest BCUT2D eigenvalue weighted by Crippen LogP contribution is 2.25. The van der Waals surface area contributed by atoms with Gasteiger partial charge < -0.3 is 10.1 Å². The van der Waals surface area contributed by atoms with E-state index in [1.54, 1.807) is 23.0 Å². The van der Waals surface area contributed by atoms with E-state index in [-0.39, 0.29) is 5.69 Å². The molecule has 0 atom stereocenters. The number of aromatic amines is 1. The minimum absolute atomic E-state index is 0.191. The van der Waals surface area contributed by atoms with Crippen LogP contribution in [0.2, 0.25) is 0 Å². The summed E-state index contributed by atoms with van der Waals surface area (Å²) >= 11 is 3.05. The predicted molar refractivity (Wildman–Crippen MR) is 101 cm³/mol. The van der Waals surface area contributed by atoms with Crippen molar-refractivity contribution < 1.29 is 4.74 Å². The molecule has 0 radical (unpaired) electrons. The van der Waals surface area contributed by atoms with Crippen LogP contribution < -0.4 is 11.0 Å². The second-order valence-electron chi connectivity index (χ2n) is 5.23. The number of hydrogen-bond donors (Lipinski definition) is 2. The maximum atomic E-state index is 11.8. The zero-order valence-electron chi connectivity index (χ0n) is 13.8. The molecule has 9 heteroatoms. The van der Waals surface area contributed by atoms with E-state index >= 15 is 0 Å². The molecule has 0 aliphatic carbocycles. The molecule has 0 saturated carbocycles. The van der Waals surface area contributed by atoms with Crippen LogP contribution in [-0.2, 0) is 17.0 Å². The molecule has 0 aliphatic rings. The summed E-state index contributed by atoms with van der Waals surface area (Å²) in [5.74, 6) is 0.654. The number of thioether (sulfide) groups is 1. The Labute approximate surface area is 153 Å². The normalized spacial score (nSPS) is 10.9. The third-order valence-corrected chi connectivity index (χ3v) is 5.20. The summed E-state index contributed by atoms with van der Waals surface area (Å²) in [6.07, 6.45) is 0.769. The van der Waals surface area contributed by atoms with Gasteiger partial charge in [0.1, 0.15) is 0 Å². The first-order valence-electron chi connectivity index (χ1n) is 7.79. The maximum absolute atomic E-state index is 11.8. The Hall–Kier alpha value is -2.10. The minimum atomic E-state index is -0.191. The third-order valence-electron chi connectivity index (χ3n) is 3.38. The standard InChI is InChI=1S/C16H19N5O2S2/c1-23-9-5-8-21-15(22)19-20-16(21)25-11-13-10-24-14(18-13)17-12-6-3-2-4-7-12/h2-4,6-7,10H,5,8-9,11H2,1H3,(H,17,18)(H,19,22). The van der Waals surface area contributed by atoms with Crippen LogP contribution in [0.4, 0.5) is 10.8 Å². The Morgan fingerprint density at radius 1 is 1.36 bits per heavy atom. The molecule has 0 spiro atoms. The quantitative estimate of drug-likeness (QED) is 0.440. The lowest BCUT2D eigenvalue weighted by molar-refractivity contribution is 0.189. The molecule has 0 aliphatic heterocycles. The Morgan fingerprint density at radius 2 is 2.20 bits per heavy atom. The van der Waals surface area contributed by atoms with Crippen LogP contribution in [0, 0.1) is 0 Å². The molecule has 0 saturated heterocycles. The average molecular weight is 377 g/mol. The smallest absolute Gasteiger partial charge is 0.343 e. The fourth-order valence-corrected chi connectivity index (χ4v) is 3.89. The van der Waals surface area contributed by atoms with E-state index in [0.717, 1.165) is 22.9 Å². The summed E-state index contributed by atoms with van der Waals surface area (Å²) in [4.78, 5) is 16.4. The Kier molecular flexibility index (Phi) is 6.26. The van der Waals surface area contributed by atoms with Gasteiger partial charge >= 0.3 is 5.69 Å². The molecular weight excluding hydrogens is 358 g/mol. The van der Waals surface area contributed by atoms with Gasteiger partial charge in [0.15, 0.2) is 10.3 Å². The average Bonchev–Trinajstić information content (AvgIpc) is 3.21. The monoisotopic (exact) mass is 377 g/mol. The highest BCUT2D eigenvalue weighted by Gasteiger charge is 2.10. The first kappa shape index (κ1) is 17.7. The van der Waals surface area contributed by atoms with Crippen LogP contribution in [-0.4, -0.2) is 33.5 Å². The number of hydrogen-bond acceptors (Lipinski definition) is 7. The van der Waals surface area contributed by atoms with Crippen molar-refractivity contribution in [3.63, 3.8) is 0 Å². The van der Waals surface area contributed by atoms with E-state index in [9.17, 15) is 4.79 Å². The Morgan fingerprint density at radius 3 is 3.00 bits per heavy atom. The minimum Gasteiger partial charge on any atom is -0.385 e. The van der Waals surface area contributed by atoms with Gasteiger partial charge in [-0.05, 0) is 18.6 Å². The van der Waals surface area contributed by atoms with Crippen LogP contribution >= 0.6 is 23.1 Å². The number of thiazole rings is 1.